The van der Waals surface area contributed by atoms with E-state index in [0.29, 0.717) is 17.5 Å². The van der Waals surface area contributed by atoms with Gasteiger partial charge < -0.3 is 4.74 Å². The molecule has 0 aliphatic carbocycles. The van der Waals surface area contributed by atoms with Crippen LogP contribution in [-0.2, 0) is 17.9 Å². The third-order valence-corrected chi connectivity index (χ3v) is 4.65. The van der Waals surface area contributed by atoms with E-state index >= 15 is 0 Å². The second kappa shape index (κ2) is 8.50. The summed E-state index contributed by atoms with van der Waals surface area (Å²) in [5.74, 6) is 6.40. The third kappa shape index (κ3) is 4.22. The largest absolute Gasteiger partial charge is 0.486 e. The van der Waals surface area contributed by atoms with Crippen LogP contribution in [0.15, 0.2) is 60.3 Å². The molecule has 26 heavy (non-hydrogen) atoms. The molecule has 8 heteroatoms. The summed E-state index contributed by atoms with van der Waals surface area (Å²) in [5.41, 5.74) is 2.09. The molecule has 0 radical (unpaired) electrons. The summed E-state index contributed by atoms with van der Waals surface area (Å²) in [6.07, 6.45) is 1.75. The number of allylic oxidation sites excluding steroid dienone is 1. The fourth-order valence-electron chi connectivity index (χ4n) is 2.42. The first-order chi connectivity index (χ1) is 12.7. The van der Waals surface area contributed by atoms with Gasteiger partial charge in [0.25, 0.3) is 0 Å². The third-order valence-electron chi connectivity index (χ3n) is 3.69. The summed E-state index contributed by atoms with van der Waals surface area (Å²) in [5, 5.41) is 11.2. The highest BCUT2D eigenvalue weighted by Gasteiger charge is 2.13. The Bertz CT molecular complexity index is 925. The first-order valence-corrected chi connectivity index (χ1v) is 8.96. The predicted molar refractivity (Wildman–Crippen MR) is 102 cm³/mol. The number of aromatic nitrogens is 3. The van der Waals surface area contributed by atoms with E-state index in [0.717, 1.165) is 16.5 Å². The van der Waals surface area contributed by atoms with Crippen molar-refractivity contribution in [2.24, 2.45) is 5.84 Å². The van der Waals surface area contributed by atoms with Gasteiger partial charge in [0, 0.05) is 6.54 Å². The maximum Gasteiger partial charge on any atom is 0.244 e. The summed E-state index contributed by atoms with van der Waals surface area (Å²) >= 11 is 1.26. The zero-order chi connectivity index (χ0) is 18.4. The molecule has 0 aliphatic rings. The molecule has 0 atom stereocenters. The van der Waals surface area contributed by atoms with E-state index in [2.05, 4.69) is 28.3 Å². The smallest absolute Gasteiger partial charge is 0.244 e. The van der Waals surface area contributed by atoms with Crippen LogP contribution >= 0.6 is 11.8 Å². The van der Waals surface area contributed by atoms with Gasteiger partial charge >= 0.3 is 0 Å². The number of carbonyl (C=O) groups is 1. The Morgan fingerprint density at radius 3 is 2.85 bits per heavy atom. The van der Waals surface area contributed by atoms with Crippen molar-refractivity contribution in [2.45, 2.75) is 18.3 Å². The average molecular weight is 369 g/mol. The van der Waals surface area contributed by atoms with Gasteiger partial charge in [-0.1, -0.05) is 48.2 Å². The van der Waals surface area contributed by atoms with Gasteiger partial charge in [-0.25, -0.2) is 5.84 Å². The van der Waals surface area contributed by atoms with Gasteiger partial charge in [-0.3, -0.25) is 14.8 Å². The lowest BCUT2D eigenvalue weighted by Crippen LogP contribution is -2.31. The maximum absolute atomic E-state index is 11.3. The molecule has 7 nitrogen and oxygen atoms in total. The molecule has 0 bridgehead atoms. The summed E-state index contributed by atoms with van der Waals surface area (Å²) < 4.78 is 7.74. The number of benzene rings is 2. The minimum atomic E-state index is -0.280. The van der Waals surface area contributed by atoms with E-state index in [1.165, 1.54) is 11.8 Å². The van der Waals surface area contributed by atoms with Gasteiger partial charge in [-0.05, 0) is 22.9 Å². The number of nitrogens with one attached hydrogen (secondary N) is 1. The highest BCUT2D eigenvalue weighted by Crippen LogP contribution is 2.22. The number of nitrogens with zero attached hydrogens (tertiary/aromatic N) is 3. The topological polar surface area (TPSA) is 95.1 Å². The predicted octanol–water partition coefficient (Wildman–Crippen LogP) is 2.28. The average Bonchev–Trinajstić information content (AvgIpc) is 3.06. The van der Waals surface area contributed by atoms with Crippen molar-refractivity contribution >= 4 is 28.4 Å². The van der Waals surface area contributed by atoms with Crippen LogP contribution in [0.2, 0.25) is 0 Å². The molecule has 1 aromatic heterocycles. The van der Waals surface area contributed by atoms with Crippen molar-refractivity contribution in [1.29, 1.82) is 0 Å². The highest BCUT2D eigenvalue weighted by atomic mass is 32.2. The van der Waals surface area contributed by atoms with E-state index < -0.39 is 0 Å². The number of rotatable bonds is 8. The number of amides is 1. The molecule has 3 rings (SSSR count). The zero-order valence-corrected chi connectivity index (χ0v) is 14.9. The van der Waals surface area contributed by atoms with Crippen LogP contribution in [0.5, 0.6) is 5.75 Å². The highest BCUT2D eigenvalue weighted by molar-refractivity contribution is 7.99. The van der Waals surface area contributed by atoms with E-state index in [9.17, 15) is 4.79 Å². The second-order valence-corrected chi connectivity index (χ2v) is 6.39. The molecule has 1 amide bonds. The fourth-order valence-corrected chi connectivity index (χ4v) is 3.20. The number of ether oxygens (including phenoxy) is 1. The molecule has 2 aromatic carbocycles. The summed E-state index contributed by atoms with van der Waals surface area (Å²) in [4.78, 5) is 11.3. The van der Waals surface area contributed by atoms with Crippen molar-refractivity contribution in [3.63, 3.8) is 0 Å². The van der Waals surface area contributed by atoms with Crippen molar-refractivity contribution in [3.05, 3.63) is 60.9 Å². The number of fused-ring (bicyclic) bond motifs is 1. The molecule has 0 unspecified atom stereocenters. The van der Waals surface area contributed by atoms with Gasteiger partial charge in [-0.15, -0.1) is 16.8 Å². The quantitative estimate of drug-likeness (QED) is 0.208. The van der Waals surface area contributed by atoms with Crippen LogP contribution in [0.25, 0.3) is 10.8 Å². The summed E-state index contributed by atoms with van der Waals surface area (Å²) in [6.45, 7) is 4.55. The molecule has 0 saturated carbocycles. The van der Waals surface area contributed by atoms with E-state index in [1.54, 1.807) is 6.08 Å². The van der Waals surface area contributed by atoms with Crippen molar-refractivity contribution in [1.82, 2.24) is 20.2 Å². The Morgan fingerprint density at radius 1 is 1.27 bits per heavy atom. The molecule has 134 valence electrons. The number of thioether (sulfide) groups is 1. The standard InChI is InChI=1S/C18H19N5O2S/c1-2-9-23-16(21-22-18(23)26-12-17(24)20-19)11-25-15-8-7-13-5-3-4-6-14(13)10-15/h2-8,10H,1,9,11-12,19H2,(H,20,24). The molecule has 3 aromatic rings. The van der Waals surface area contributed by atoms with Gasteiger partial charge in [0.05, 0.1) is 5.75 Å². The Morgan fingerprint density at radius 2 is 2.08 bits per heavy atom. The Balaban J connectivity index is 1.72. The molecule has 3 N–H and O–H groups in total. The van der Waals surface area contributed by atoms with Crippen LogP contribution < -0.4 is 16.0 Å². The van der Waals surface area contributed by atoms with Crippen molar-refractivity contribution in [3.8, 4) is 5.75 Å². The molecule has 1 heterocycles. The first-order valence-electron chi connectivity index (χ1n) is 7.98. The Kier molecular flexibility index (Phi) is 5.88. The lowest BCUT2D eigenvalue weighted by Gasteiger charge is -2.09. The van der Waals surface area contributed by atoms with E-state index in [4.69, 9.17) is 10.6 Å². The summed E-state index contributed by atoms with van der Waals surface area (Å²) in [7, 11) is 0. The second-order valence-electron chi connectivity index (χ2n) is 5.45. The van der Waals surface area contributed by atoms with Gasteiger partial charge in [0.15, 0.2) is 11.0 Å². The molecule has 0 saturated heterocycles. The normalized spacial score (nSPS) is 10.7. The van der Waals surface area contributed by atoms with Crippen molar-refractivity contribution in [2.75, 3.05) is 5.75 Å². The van der Waals surface area contributed by atoms with E-state index in [1.807, 2.05) is 41.0 Å². The van der Waals surface area contributed by atoms with Gasteiger partial charge in [-0.2, -0.15) is 0 Å². The lowest BCUT2D eigenvalue weighted by molar-refractivity contribution is -0.118. The van der Waals surface area contributed by atoms with E-state index in [-0.39, 0.29) is 18.3 Å². The number of hydrogen-bond donors (Lipinski definition) is 2. The molecular formula is C18H19N5O2S. The number of nitrogens with two attached hydrogens (primary N) is 1. The van der Waals surface area contributed by atoms with Gasteiger partial charge in [0.1, 0.15) is 12.4 Å². The SMILES string of the molecule is C=CCn1c(COc2ccc3ccccc3c2)nnc1SCC(=O)NN. The minimum Gasteiger partial charge on any atom is -0.486 e. The monoisotopic (exact) mass is 369 g/mol. The van der Waals surface area contributed by atoms with Crippen LogP contribution in [0.1, 0.15) is 5.82 Å². The van der Waals surface area contributed by atoms with Crippen LogP contribution in [0, 0.1) is 0 Å². The van der Waals surface area contributed by atoms with Crippen LogP contribution in [0.3, 0.4) is 0 Å². The molecule has 0 aliphatic heterocycles. The Labute approximate surface area is 155 Å². The number of carbonyl (C=O) groups excluding carboxylic acids is 1. The lowest BCUT2D eigenvalue weighted by atomic mass is 10.1. The molecule has 0 fully saturated rings. The number of hydrazine groups is 1. The van der Waals surface area contributed by atoms with Crippen molar-refractivity contribution < 1.29 is 9.53 Å². The fraction of sp³-hybridized carbons (Fsp3) is 0.167. The maximum atomic E-state index is 11.3. The Hall–Kier alpha value is -2.84. The van der Waals surface area contributed by atoms with Gasteiger partial charge in [0.2, 0.25) is 5.91 Å². The molecule has 0 spiro atoms. The first kappa shape index (κ1) is 18.0. The zero-order valence-electron chi connectivity index (χ0n) is 14.1. The summed E-state index contributed by atoms with van der Waals surface area (Å²) in [6, 6.07) is 14.0. The minimum absolute atomic E-state index is 0.164. The van der Waals surface area contributed by atoms with Crippen LogP contribution in [0.4, 0.5) is 0 Å². The number of hydrogen-bond acceptors (Lipinski definition) is 6. The molecular weight excluding hydrogens is 350 g/mol. The van der Waals surface area contributed by atoms with Crippen LogP contribution in [-0.4, -0.2) is 26.4 Å².